The fourth-order valence-electron chi connectivity index (χ4n) is 6.33. The number of hydrogen-bond donors (Lipinski definition) is 1. The standard InChI is InChI=1S/C27H21FN2O4S/c28-17-7-8-19-18(11-17)27(26(32)29-19)24(25(31)16-6-9-21-22(10-16)34-14-33-21)23(15-4-2-1-3-5-15)20-12-35-13-30(20)27/h1-11,20,23-24H,12-14H2,(H,29,32)/t20-,23+,24-,27-/m0/s1. The molecule has 4 heterocycles. The highest BCUT2D eigenvalue weighted by atomic mass is 32.2. The average Bonchev–Trinajstić information content (AvgIpc) is 3.63. The molecule has 1 amide bonds. The first kappa shape index (κ1) is 21.0. The molecule has 2 saturated heterocycles. The van der Waals surface area contributed by atoms with Crippen LogP contribution in [0.1, 0.15) is 27.4 Å². The van der Waals surface area contributed by atoms with Gasteiger partial charge in [0, 0.05) is 40.4 Å². The number of fused-ring (bicyclic) bond motifs is 5. The Bertz CT molecular complexity index is 1380. The quantitative estimate of drug-likeness (QED) is 0.553. The van der Waals surface area contributed by atoms with E-state index in [1.165, 1.54) is 12.1 Å². The molecule has 4 aliphatic heterocycles. The molecular weight excluding hydrogens is 467 g/mol. The predicted octanol–water partition coefficient (Wildman–Crippen LogP) is 4.37. The molecule has 4 atom stereocenters. The lowest BCUT2D eigenvalue weighted by Gasteiger charge is -2.36. The van der Waals surface area contributed by atoms with Gasteiger partial charge in [-0.3, -0.25) is 14.5 Å². The van der Waals surface area contributed by atoms with Crippen molar-refractivity contribution < 1.29 is 23.5 Å². The van der Waals surface area contributed by atoms with E-state index in [1.807, 2.05) is 30.3 Å². The van der Waals surface area contributed by atoms with Crippen molar-refractivity contribution in [3.05, 3.63) is 89.2 Å². The zero-order valence-corrected chi connectivity index (χ0v) is 19.4. The van der Waals surface area contributed by atoms with Gasteiger partial charge in [0.25, 0.3) is 0 Å². The molecule has 0 aliphatic carbocycles. The first-order valence-electron chi connectivity index (χ1n) is 11.5. The average molecular weight is 489 g/mol. The maximum Gasteiger partial charge on any atom is 0.250 e. The van der Waals surface area contributed by atoms with Crippen LogP contribution < -0.4 is 14.8 Å². The Balaban J connectivity index is 1.47. The summed E-state index contributed by atoms with van der Waals surface area (Å²) in [5.41, 5.74) is 1.24. The van der Waals surface area contributed by atoms with Crippen LogP contribution in [-0.2, 0) is 10.3 Å². The highest BCUT2D eigenvalue weighted by Crippen LogP contribution is 2.61. The lowest BCUT2D eigenvalue weighted by atomic mass is 9.69. The molecule has 4 aliphatic rings. The van der Waals surface area contributed by atoms with Gasteiger partial charge >= 0.3 is 0 Å². The second-order valence-corrected chi connectivity index (χ2v) is 10.3. The summed E-state index contributed by atoms with van der Waals surface area (Å²) in [5.74, 6) is 0.602. The number of carbonyl (C=O) groups excluding carboxylic acids is 2. The topological polar surface area (TPSA) is 67.9 Å². The van der Waals surface area contributed by atoms with Crippen LogP contribution in [0.15, 0.2) is 66.7 Å². The maximum atomic E-state index is 14.6. The Morgan fingerprint density at radius 2 is 1.89 bits per heavy atom. The molecule has 3 aromatic rings. The molecule has 8 heteroatoms. The molecule has 176 valence electrons. The number of carbonyl (C=O) groups is 2. The third-order valence-corrected chi connectivity index (χ3v) is 8.74. The number of ether oxygens (including phenoxy) is 2. The summed E-state index contributed by atoms with van der Waals surface area (Å²) in [7, 11) is 0. The lowest BCUT2D eigenvalue weighted by molar-refractivity contribution is -0.127. The van der Waals surface area contributed by atoms with Crippen LogP contribution >= 0.6 is 11.8 Å². The zero-order valence-electron chi connectivity index (χ0n) is 18.6. The van der Waals surface area contributed by atoms with E-state index in [4.69, 9.17) is 9.47 Å². The monoisotopic (exact) mass is 488 g/mol. The van der Waals surface area contributed by atoms with Gasteiger partial charge in [0.05, 0.1) is 5.92 Å². The van der Waals surface area contributed by atoms with Gasteiger partial charge < -0.3 is 14.8 Å². The minimum atomic E-state index is -1.31. The smallest absolute Gasteiger partial charge is 0.250 e. The Hall–Kier alpha value is -3.36. The van der Waals surface area contributed by atoms with Crippen molar-refractivity contribution in [3.63, 3.8) is 0 Å². The molecular formula is C27H21FN2O4S. The van der Waals surface area contributed by atoms with E-state index < -0.39 is 17.3 Å². The van der Waals surface area contributed by atoms with Crippen LogP contribution in [0.3, 0.4) is 0 Å². The van der Waals surface area contributed by atoms with E-state index >= 15 is 0 Å². The Morgan fingerprint density at radius 1 is 1.06 bits per heavy atom. The van der Waals surface area contributed by atoms with Crippen molar-refractivity contribution in [2.45, 2.75) is 17.5 Å². The molecule has 1 N–H and O–H groups in total. The normalized spacial score (nSPS) is 28.3. The number of halogens is 1. The molecule has 0 saturated carbocycles. The van der Waals surface area contributed by atoms with E-state index in [9.17, 15) is 14.0 Å². The second-order valence-electron chi connectivity index (χ2n) is 9.29. The molecule has 7 rings (SSSR count). The van der Waals surface area contributed by atoms with Crippen LogP contribution in [0.4, 0.5) is 10.1 Å². The number of ketones is 1. The second kappa shape index (κ2) is 7.57. The predicted molar refractivity (Wildman–Crippen MR) is 129 cm³/mol. The summed E-state index contributed by atoms with van der Waals surface area (Å²) < 4.78 is 25.6. The van der Waals surface area contributed by atoms with E-state index in [0.717, 1.165) is 11.3 Å². The summed E-state index contributed by atoms with van der Waals surface area (Å²) >= 11 is 1.74. The van der Waals surface area contributed by atoms with Gasteiger partial charge in [-0.05, 0) is 42.0 Å². The molecule has 6 nitrogen and oxygen atoms in total. The fraction of sp³-hybridized carbons (Fsp3) is 0.259. The summed E-state index contributed by atoms with van der Waals surface area (Å²) in [6.07, 6.45) is 0. The van der Waals surface area contributed by atoms with Gasteiger partial charge in [-0.25, -0.2) is 4.39 Å². The zero-order chi connectivity index (χ0) is 23.7. The number of rotatable bonds is 3. The summed E-state index contributed by atoms with van der Waals surface area (Å²) in [6.45, 7) is 0.106. The molecule has 0 aromatic heterocycles. The lowest BCUT2D eigenvalue weighted by Crippen LogP contribution is -2.52. The summed E-state index contributed by atoms with van der Waals surface area (Å²) in [4.78, 5) is 30.5. The van der Waals surface area contributed by atoms with Crippen molar-refractivity contribution in [1.29, 1.82) is 0 Å². The molecule has 2 fully saturated rings. The van der Waals surface area contributed by atoms with Gasteiger partial charge in [0.15, 0.2) is 17.3 Å². The Morgan fingerprint density at radius 3 is 2.74 bits per heavy atom. The third kappa shape index (κ3) is 2.81. The number of Topliss-reactive ketones (excluding diaryl/α,β-unsaturated/α-hetero) is 1. The van der Waals surface area contributed by atoms with Crippen LogP contribution in [-0.4, -0.2) is 41.1 Å². The Labute approximate surface area is 205 Å². The maximum absolute atomic E-state index is 14.6. The first-order chi connectivity index (χ1) is 17.1. The van der Waals surface area contributed by atoms with E-state index in [-0.39, 0.29) is 30.4 Å². The number of anilines is 1. The molecule has 3 aromatic carbocycles. The van der Waals surface area contributed by atoms with E-state index in [0.29, 0.717) is 34.2 Å². The number of thioether (sulfide) groups is 1. The highest BCUT2D eigenvalue weighted by Gasteiger charge is 2.69. The van der Waals surface area contributed by atoms with E-state index in [2.05, 4.69) is 10.2 Å². The molecule has 0 radical (unpaired) electrons. The molecule has 1 spiro atoms. The van der Waals surface area contributed by atoms with Crippen molar-refractivity contribution in [2.24, 2.45) is 5.92 Å². The largest absolute Gasteiger partial charge is 0.454 e. The van der Waals surface area contributed by atoms with Crippen LogP contribution in [0.5, 0.6) is 11.5 Å². The highest BCUT2D eigenvalue weighted by molar-refractivity contribution is 7.99. The van der Waals surface area contributed by atoms with Crippen molar-refractivity contribution in [2.75, 3.05) is 23.7 Å². The third-order valence-electron chi connectivity index (χ3n) is 7.71. The first-order valence-corrected chi connectivity index (χ1v) is 12.7. The molecule has 0 bridgehead atoms. The van der Waals surface area contributed by atoms with Crippen molar-refractivity contribution in [3.8, 4) is 11.5 Å². The van der Waals surface area contributed by atoms with Gasteiger partial charge in [-0.15, -0.1) is 11.8 Å². The SMILES string of the molecule is O=C(c1ccc2c(c1)OCO2)[C@@H]1[C@H](c2ccccc2)[C@@H]2CSCN2[C@]12C(=O)Nc1ccc(F)cc12. The van der Waals surface area contributed by atoms with Gasteiger partial charge in [-0.1, -0.05) is 30.3 Å². The Kier molecular flexibility index (Phi) is 4.53. The number of nitrogens with one attached hydrogen (secondary N) is 1. The van der Waals surface area contributed by atoms with Crippen molar-refractivity contribution >= 4 is 29.1 Å². The number of nitrogens with zero attached hydrogens (tertiary/aromatic N) is 1. The van der Waals surface area contributed by atoms with Crippen molar-refractivity contribution in [1.82, 2.24) is 4.90 Å². The van der Waals surface area contributed by atoms with Crippen LogP contribution in [0, 0.1) is 11.7 Å². The molecule has 0 unspecified atom stereocenters. The number of hydrogen-bond acceptors (Lipinski definition) is 6. The summed E-state index contributed by atoms with van der Waals surface area (Å²) in [5, 5.41) is 2.97. The van der Waals surface area contributed by atoms with Gasteiger partial charge in [0.2, 0.25) is 12.7 Å². The minimum Gasteiger partial charge on any atom is -0.454 e. The summed E-state index contributed by atoms with van der Waals surface area (Å²) in [6, 6.07) is 19.3. The van der Waals surface area contributed by atoms with E-state index in [1.54, 1.807) is 36.0 Å². The number of benzene rings is 3. The minimum absolute atomic E-state index is 0.0506. The van der Waals surface area contributed by atoms with Gasteiger partial charge in [0.1, 0.15) is 11.4 Å². The van der Waals surface area contributed by atoms with Crippen LogP contribution in [0.2, 0.25) is 0 Å². The molecule has 35 heavy (non-hydrogen) atoms. The number of amides is 1. The fourth-order valence-corrected chi connectivity index (χ4v) is 7.65. The van der Waals surface area contributed by atoms with Crippen LogP contribution in [0.25, 0.3) is 0 Å². The van der Waals surface area contributed by atoms with Gasteiger partial charge in [-0.2, -0.15) is 0 Å².